The number of thioether (sulfide) groups is 1. The lowest BCUT2D eigenvalue weighted by molar-refractivity contribution is -0.130. The van der Waals surface area contributed by atoms with E-state index in [1.807, 2.05) is 30.5 Å². The van der Waals surface area contributed by atoms with E-state index in [0.29, 0.717) is 17.7 Å². The number of methoxy groups -OCH3 is 1. The maximum Gasteiger partial charge on any atom is 0.339 e. The molecule has 154 valence electrons. The largest absolute Gasteiger partial charge is 0.500 e. The van der Waals surface area contributed by atoms with Crippen LogP contribution in [-0.4, -0.2) is 53.2 Å². The number of carboxylic acids is 1. The molecule has 2 aliphatic rings. The number of ether oxygens (including phenoxy) is 1. The maximum atomic E-state index is 11.7. The van der Waals surface area contributed by atoms with Crippen LogP contribution in [0.1, 0.15) is 31.4 Å². The molecule has 2 heterocycles. The number of carbonyl (C=O) groups is 1. The Labute approximate surface area is 174 Å². The Morgan fingerprint density at radius 1 is 1.41 bits per heavy atom. The number of oxime groups is 1. The summed E-state index contributed by atoms with van der Waals surface area (Å²) in [6.07, 6.45) is 4.11. The van der Waals surface area contributed by atoms with Gasteiger partial charge in [-0.25, -0.2) is 9.80 Å². The lowest BCUT2D eigenvalue weighted by atomic mass is 9.99. The zero-order valence-electron chi connectivity index (χ0n) is 16.8. The SMILES string of the molecule is COC(C)=C(C(=O)O)c1ccccc1CON=CCC1=C(C)SC2N(C)C=NN12. The van der Waals surface area contributed by atoms with Gasteiger partial charge in [-0.15, -0.1) is 0 Å². The van der Waals surface area contributed by atoms with Crippen molar-refractivity contribution in [1.82, 2.24) is 9.91 Å². The van der Waals surface area contributed by atoms with Crippen LogP contribution in [0.2, 0.25) is 0 Å². The van der Waals surface area contributed by atoms with Crippen LogP contribution in [0.3, 0.4) is 0 Å². The Hall–Kier alpha value is -2.94. The molecule has 1 aromatic rings. The molecular formula is C20H24N4O4S. The van der Waals surface area contributed by atoms with Crippen molar-refractivity contribution >= 4 is 35.9 Å². The molecule has 0 aliphatic carbocycles. The van der Waals surface area contributed by atoms with Gasteiger partial charge < -0.3 is 19.6 Å². The Morgan fingerprint density at radius 3 is 2.90 bits per heavy atom. The van der Waals surface area contributed by atoms with E-state index in [0.717, 1.165) is 11.3 Å². The molecular weight excluding hydrogens is 392 g/mol. The number of aliphatic carboxylic acids is 1. The van der Waals surface area contributed by atoms with Crippen molar-refractivity contribution in [3.05, 3.63) is 51.8 Å². The van der Waals surface area contributed by atoms with Gasteiger partial charge in [-0.3, -0.25) is 0 Å². The second-order valence-electron chi connectivity index (χ2n) is 6.55. The van der Waals surface area contributed by atoms with Crippen LogP contribution in [0.15, 0.2) is 50.9 Å². The summed E-state index contributed by atoms with van der Waals surface area (Å²) in [5, 5.41) is 20.0. The summed E-state index contributed by atoms with van der Waals surface area (Å²) in [5.74, 6) is -0.715. The standard InChI is InChI=1S/C20H24N4O4S/c1-13(27-4)18(19(25)26)16-8-6-5-7-15(16)11-28-22-10-9-17-14(2)29-20-23(3)12-21-24(17)20/h5-8,10,12,20H,9,11H2,1-4H3,(H,25,26). The highest BCUT2D eigenvalue weighted by Crippen LogP contribution is 2.41. The van der Waals surface area contributed by atoms with Gasteiger partial charge in [-0.05, 0) is 19.4 Å². The van der Waals surface area contributed by atoms with Crippen LogP contribution in [-0.2, 0) is 21.0 Å². The molecule has 0 bridgehead atoms. The molecule has 29 heavy (non-hydrogen) atoms. The van der Waals surface area contributed by atoms with Crippen LogP contribution >= 0.6 is 11.8 Å². The molecule has 0 amide bonds. The molecule has 3 rings (SSSR count). The van der Waals surface area contributed by atoms with E-state index >= 15 is 0 Å². The fourth-order valence-electron chi connectivity index (χ4n) is 3.12. The minimum atomic E-state index is -1.05. The molecule has 1 N–H and O–H groups in total. The Morgan fingerprint density at radius 2 is 2.17 bits per heavy atom. The van der Waals surface area contributed by atoms with Crippen molar-refractivity contribution in [2.75, 3.05) is 14.2 Å². The highest BCUT2D eigenvalue weighted by atomic mass is 32.2. The zero-order chi connectivity index (χ0) is 21.0. The quantitative estimate of drug-likeness (QED) is 0.300. The highest BCUT2D eigenvalue weighted by molar-refractivity contribution is 8.03. The predicted octanol–water partition coefficient (Wildman–Crippen LogP) is 3.49. The van der Waals surface area contributed by atoms with Gasteiger partial charge in [0.2, 0.25) is 0 Å². The molecule has 8 nitrogen and oxygen atoms in total. The number of hydrogen-bond acceptors (Lipinski definition) is 8. The molecule has 0 saturated heterocycles. The van der Waals surface area contributed by atoms with E-state index in [2.05, 4.69) is 22.1 Å². The number of hydrogen-bond donors (Lipinski definition) is 1. The van der Waals surface area contributed by atoms with Gasteiger partial charge in [-0.1, -0.05) is 41.2 Å². The van der Waals surface area contributed by atoms with E-state index in [9.17, 15) is 9.90 Å². The average molecular weight is 417 g/mol. The number of hydrazone groups is 1. The minimum Gasteiger partial charge on any atom is -0.500 e. The first-order valence-electron chi connectivity index (χ1n) is 9.06. The molecule has 9 heteroatoms. The number of allylic oxidation sites excluding steroid dienone is 3. The molecule has 0 spiro atoms. The molecule has 0 radical (unpaired) electrons. The highest BCUT2D eigenvalue weighted by Gasteiger charge is 2.35. The van der Waals surface area contributed by atoms with Crippen LogP contribution in [0.4, 0.5) is 0 Å². The van der Waals surface area contributed by atoms with Crippen LogP contribution in [0.5, 0.6) is 0 Å². The van der Waals surface area contributed by atoms with Gasteiger partial charge in [0.05, 0.1) is 12.8 Å². The van der Waals surface area contributed by atoms with Crippen molar-refractivity contribution in [2.24, 2.45) is 10.3 Å². The third kappa shape index (κ3) is 4.40. The maximum absolute atomic E-state index is 11.7. The number of carboxylic acid groups (broad SMARTS) is 1. The summed E-state index contributed by atoms with van der Waals surface area (Å²) < 4.78 is 5.14. The van der Waals surface area contributed by atoms with Crippen molar-refractivity contribution in [2.45, 2.75) is 32.4 Å². The van der Waals surface area contributed by atoms with Gasteiger partial charge in [0.1, 0.15) is 24.3 Å². The summed E-state index contributed by atoms with van der Waals surface area (Å²) in [5.41, 5.74) is 2.66. The van der Waals surface area contributed by atoms with Crippen LogP contribution < -0.4 is 0 Å². The summed E-state index contributed by atoms with van der Waals surface area (Å²) in [6, 6.07) is 7.17. The summed E-state index contributed by atoms with van der Waals surface area (Å²) in [4.78, 5) is 20.4. The van der Waals surface area contributed by atoms with E-state index in [1.165, 1.54) is 12.0 Å². The zero-order valence-corrected chi connectivity index (χ0v) is 17.6. The molecule has 0 saturated carbocycles. The fraction of sp³-hybridized carbons (Fsp3) is 0.350. The van der Waals surface area contributed by atoms with E-state index in [4.69, 9.17) is 9.57 Å². The van der Waals surface area contributed by atoms with Gasteiger partial charge in [-0.2, -0.15) is 5.10 Å². The number of rotatable bonds is 8. The third-order valence-electron chi connectivity index (χ3n) is 4.69. The second-order valence-corrected chi connectivity index (χ2v) is 7.82. The molecule has 0 aromatic heterocycles. The lowest BCUT2D eigenvalue weighted by Gasteiger charge is -2.21. The number of nitrogens with zero attached hydrogens (tertiary/aromatic N) is 4. The first kappa shape index (κ1) is 20.8. The number of benzene rings is 1. The van der Waals surface area contributed by atoms with Crippen molar-refractivity contribution in [3.8, 4) is 0 Å². The molecule has 1 unspecified atom stereocenters. The van der Waals surface area contributed by atoms with E-state index in [-0.39, 0.29) is 17.7 Å². The topological polar surface area (TPSA) is 87.0 Å². The summed E-state index contributed by atoms with van der Waals surface area (Å²) >= 11 is 1.76. The summed E-state index contributed by atoms with van der Waals surface area (Å²) in [6.45, 7) is 3.85. The first-order valence-corrected chi connectivity index (χ1v) is 9.94. The molecule has 1 atom stereocenters. The van der Waals surface area contributed by atoms with Crippen molar-refractivity contribution < 1.29 is 19.5 Å². The van der Waals surface area contributed by atoms with Crippen LogP contribution in [0, 0.1) is 0 Å². The van der Waals surface area contributed by atoms with Crippen LogP contribution in [0.25, 0.3) is 5.57 Å². The Bertz CT molecular complexity index is 909. The van der Waals surface area contributed by atoms with Gasteiger partial charge in [0, 0.05) is 30.2 Å². The van der Waals surface area contributed by atoms with Crippen molar-refractivity contribution in [3.63, 3.8) is 0 Å². The average Bonchev–Trinajstić information content (AvgIpc) is 3.21. The lowest BCUT2D eigenvalue weighted by Crippen LogP contribution is -2.30. The molecule has 0 fully saturated rings. The minimum absolute atomic E-state index is 0.112. The molecule has 2 aliphatic heterocycles. The van der Waals surface area contributed by atoms with Crippen molar-refractivity contribution in [1.29, 1.82) is 0 Å². The van der Waals surface area contributed by atoms with E-state index < -0.39 is 5.97 Å². The predicted molar refractivity (Wildman–Crippen MR) is 114 cm³/mol. The molecule has 1 aromatic carbocycles. The summed E-state index contributed by atoms with van der Waals surface area (Å²) in [7, 11) is 3.45. The van der Waals surface area contributed by atoms with Gasteiger partial charge >= 0.3 is 5.97 Å². The monoisotopic (exact) mass is 416 g/mol. The Kier molecular flexibility index (Phi) is 6.48. The van der Waals surface area contributed by atoms with Gasteiger partial charge in [0.25, 0.3) is 0 Å². The Balaban J connectivity index is 1.64. The number of fused-ring (bicyclic) bond motifs is 1. The van der Waals surface area contributed by atoms with Gasteiger partial charge in [0.15, 0.2) is 5.50 Å². The first-order chi connectivity index (χ1) is 13.9. The third-order valence-corrected chi connectivity index (χ3v) is 6.03. The second kappa shape index (κ2) is 9.04. The normalized spacial score (nSPS) is 19.1. The smallest absolute Gasteiger partial charge is 0.339 e. The van der Waals surface area contributed by atoms with E-state index in [1.54, 1.807) is 37.0 Å². The fourth-order valence-corrected chi connectivity index (χ4v) is 4.25.